The predicted octanol–water partition coefficient (Wildman–Crippen LogP) is 3.30. The highest BCUT2D eigenvalue weighted by Crippen LogP contribution is 2.27. The lowest BCUT2D eigenvalue weighted by Gasteiger charge is -2.33. The molecule has 2 amide bonds. The van der Waals surface area contributed by atoms with Gasteiger partial charge in [-0.05, 0) is 43.9 Å². The molecule has 2 aromatic rings. The van der Waals surface area contributed by atoms with Gasteiger partial charge < -0.3 is 10.6 Å². The number of rotatable bonds is 3. The lowest BCUT2D eigenvalue weighted by molar-refractivity contribution is 0.220. The van der Waals surface area contributed by atoms with E-state index < -0.39 is 0 Å². The second-order valence-electron chi connectivity index (χ2n) is 7.62. The van der Waals surface area contributed by atoms with Gasteiger partial charge >= 0.3 is 6.03 Å². The van der Waals surface area contributed by atoms with Crippen LogP contribution in [0.5, 0.6) is 0 Å². The fourth-order valence-corrected chi connectivity index (χ4v) is 2.96. The normalized spacial score (nSPS) is 12.5. The Labute approximate surface area is 131 Å². The van der Waals surface area contributed by atoms with Crippen LogP contribution >= 0.6 is 0 Å². The van der Waals surface area contributed by atoms with Crippen LogP contribution in [0.3, 0.4) is 0 Å². The minimum atomic E-state index is -0.279. The third kappa shape index (κ3) is 4.19. The summed E-state index contributed by atoms with van der Waals surface area (Å²) in [5.74, 6) is 0. The second-order valence-corrected chi connectivity index (χ2v) is 7.62. The first-order valence-electron chi connectivity index (χ1n) is 7.44. The smallest absolute Gasteiger partial charge is 0.319 e. The number of fused-ring (bicyclic) bond motifs is 1. The Morgan fingerprint density at radius 1 is 1.23 bits per heavy atom. The summed E-state index contributed by atoms with van der Waals surface area (Å²) in [5, 5.41) is 13.9. The molecule has 0 saturated heterocycles. The molecule has 0 aliphatic heterocycles. The average molecular weight is 303 g/mol. The Kier molecular flexibility index (Phi) is 4.13. The number of carbonyl (C=O) groups excluding carboxylic acids is 1. The van der Waals surface area contributed by atoms with E-state index in [1.165, 1.54) is 0 Å². The van der Waals surface area contributed by atoms with E-state index in [0.717, 1.165) is 17.5 Å². The predicted molar refractivity (Wildman–Crippen MR) is 88.8 cm³/mol. The van der Waals surface area contributed by atoms with Crippen molar-refractivity contribution in [2.45, 2.75) is 46.6 Å². The summed E-state index contributed by atoms with van der Waals surface area (Å²) in [7, 11) is 1.84. The van der Waals surface area contributed by atoms with Gasteiger partial charge in [0.05, 0.1) is 5.52 Å². The third-order valence-electron chi connectivity index (χ3n) is 3.29. The lowest BCUT2D eigenvalue weighted by Crippen LogP contribution is -2.47. The average Bonchev–Trinajstić information content (AvgIpc) is 2.66. The van der Waals surface area contributed by atoms with Crippen LogP contribution in [0, 0.1) is 5.41 Å². The van der Waals surface area contributed by atoms with Crippen molar-refractivity contribution in [2.24, 2.45) is 12.5 Å². The molecule has 0 spiro atoms. The standard InChI is InChI=1S/C16H25N5O/c1-15(2,3)10-16(4,5)18-14(22)17-11-7-8-13-12(9-11)19-20-21(13)6/h7-9H,10H2,1-6H3,(H2,17,18,22). The monoisotopic (exact) mass is 303 g/mol. The van der Waals surface area contributed by atoms with Gasteiger partial charge in [-0.15, -0.1) is 5.10 Å². The highest BCUT2D eigenvalue weighted by atomic mass is 16.2. The van der Waals surface area contributed by atoms with Crippen molar-refractivity contribution in [1.82, 2.24) is 20.3 Å². The number of nitrogens with zero attached hydrogens (tertiary/aromatic N) is 3. The van der Waals surface area contributed by atoms with E-state index >= 15 is 0 Å². The zero-order valence-electron chi connectivity index (χ0n) is 14.2. The van der Waals surface area contributed by atoms with Crippen LogP contribution < -0.4 is 10.6 Å². The molecule has 1 aromatic carbocycles. The highest BCUT2D eigenvalue weighted by Gasteiger charge is 2.27. The molecule has 0 aliphatic carbocycles. The molecule has 120 valence electrons. The number of amides is 2. The van der Waals surface area contributed by atoms with E-state index in [9.17, 15) is 4.79 Å². The topological polar surface area (TPSA) is 71.8 Å². The van der Waals surface area contributed by atoms with Gasteiger partial charge in [0.1, 0.15) is 5.52 Å². The maximum atomic E-state index is 12.2. The molecule has 22 heavy (non-hydrogen) atoms. The van der Waals surface area contributed by atoms with Gasteiger partial charge in [-0.3, -0.25) is 0 Å². The van der Waals surface area contributed by atoms with Gasteiger partial charge in [0.2, 0.25) is 0 Å². The van der Waals surface area contributed by atoms with E-state index in [4.69, 9.17) is 0 Å². The summed E-state index contributed by atoms with van der Waals surface area (Å²) in [4.78, 5) is 12.2. The maximum absolute atomic E-state index is 12.2. The third-order valence-corrected chi connectivity index (χ3v) is 3.29. The molecule has 1 heterocycles. The van der Waals surface area contributed by atoms with E-state index in [-0.39, 0.29) is 17.0 Å². The second kappa shape index (κ2) is 5.59. The summed E-state index contributed by atoms with van der Waals surface area (Å²) in [6.45, 7) is 10.6. The molecular formula is C16H25N5O. The highest BCUT2D eigenvalue weighted by molar-refractivity contribution is 5.92. The summed E-state index contributed by atoms with van der Waals surface area (Å²) < 4.78 is 1.70. The first kappa shape index (κ1) is 16.3. The number of anilines is 1. The number of nitrogens with one attached hydrogen (secondary N) is 2. The number of hydrogen-bond donors (Lipinski definition) is 2. The largest absolute Gasteiger partial charge is 0.333 e. The summed E-state index contributed by atoms with van der Waals surface area (Å²) in [6.07, 6.45) is 0.886. The van der Waals surface area contributed by atoms with Crippen molar-refractivity contribution < 1.29 is 4.79 Å². The van der Waals surface area contributed by atoms with Crippen molar-refractivity contribution in [1.29, 1.82) is 0 Å². The molecule has 0 radical (unpaired) electrons. The summed E-state index contributed by atoms with van der Waals surface area (Å²) >= 11 is 0. The van der Waals surface area contributed by atoms with Crippen molar-refractivity contribution in [3.05, 3.63) is 18.2 Å². The lowest BCUT2D eigenvalue weighted by atomic mass is 9.82. The molecule has 1 aromatic heterocycles. The Morgan fingerprint density at radius 2 is 1.91 bits per heavy atom. The molecule has 2 N–H and O–H groups in total. The van der Waals surface area contributed by atoms with Crippen molar-refractivity contribution >= 4 is 22.8 Å². The van der Waals surface area contributed by atoms with Crippen LogP contribution in [0.2, 0.25) is 0 Å². The molecule has 6 heteroatoms. The van der Waals surface area contributed by atoms with E-state index in [1.54, 1.807) is 4.68 Å². The molecule has 2 rings (SSSR count). The Balaban J connectivity index is 2.04. The zero-order chi connectivity index (χ0) is 16.5. The van der Waals surface area contributed by atoms with Crippen LogP contribution in [0.15, 0.2) is 18.2 Å². The van der Waals surface area contributed by atoms with Gasteiger partial charge in [0.15, 0.2) is 0 Å². The van der Waals surface area contributed by atoms with Crippen LogP contribution in [0.4, 0.5) is 10.5 Å². The number of benzene rings is 1. The van der Waals surface area contributed by atoms with Gasteiger partial charge in [-0.1, -0.05) is 26.0 Å². The van der Waals surface area contributed by atoms with Gasteiger partial charge in [-0.2, -0.15) is 0 Å². The molecule has 0 fully saturated rings. The van der Waals surface area contributed by atoms with Gasteiger partial charge in [-0.25, -0.2) is 9.48 Å². The molecule has 0 unspecified atom stereocenters. The zero-order valence-corrected chi connectivity index (χ0v) is 14.2. The van der Waals surface area contributed by atoms with Crippen molar-refractivity contribution in [2.75, 3.05) is 5.32 Å². The Hall–Kier alpha value is -2.11. The van der Waals surface area contributed by atoms with Gasteiger partial charge in [0, 0.05) is 18.3 Å². The number of aromatic nitrogens is 3. The van der Waals surface area contributed by atoms with Crippen LogP contribution in [-0.2, 0) is 7.05 Å². The molecular weight excluding hydrogens is 278 g/mol. The molecule has 0 bridgehead atoms. The van der Waals surface area contributed by atoms with E-state index in [1.807, 2.05) is 39.1 Å². The minimum absolute atomic E-state index is 0.148. The summed E-state index contributed by atoms with van der Waals surface area (Å²) in [6, 6.07) is 5.35. The summed E-state index contributed by atoms with van der Waals surface area (Å²) in [5.41, 5.74) is 2.26. The quantitative estimate of drug-likeness (QED) is 0.913. The van der Waals surface area contributed by atoms with Crippen LogP contribution in [0.25, 0.3) is 11.0 Å². The number of aryl methyl sites for hydroxylation is 1. The number of urea groups is 1. The van der Waals surface area contributed by atoms with E-state index in [0.29, 0.717) is 5.69 Å². The Morgan fingerprint density at radius 3 is 2.55 bits per heavy atom. The fourth-order valence-electron chi connectivity index (χ4n) is 2.96. The Bertz CT molecular complexity index is 681. The SMILES string of the molecule is Cn1nnc2cc(NC(=O)NC(C)(C)CC(C)(C)C)ccc21. The van der Waals surface area contributed by atoms with E-state index in [2.05, 4.69) is 41.7 Å². The molecule has 0 aliphatic rings. The van der Waals surface area contributed by atoms with Crippen LogP contribution in [-0.4, -0.2) is 26.6 Å². The number of carbonyl (C=O) groups is 1. The fraction of sp³-hybridized carbons (Fsp3) is 0.562. The van der Waals surface area contributed by atoms with Crippen molar-refractivity contribution in [3.8, 4) is 0 Å². The number of hydrogen-bond acceptors (Lipinski definition) is 3. The maximum Gasteiger partial charge on any atom is 0.319 e. The van der Waals surface area contributed by atoms with Crippen molar-refractivity contribution in [3.63, 3.8) is 0 Å². The molecule has 0 atom stereocenters. The minimum Gasteiger partial charge on any atom is -0.333 e. The van der Waals surface area contributed by atoms with Gasteiger partial charge in [0.25, 0.3) is 0 Å². The first-order chi connectivity index (χ1) is 10.1. The first-order valence-corrected chi connectivity index (χ1v) is 7.44. The molecule has 0 saturated carbocycles. The van der Waals surface area contributed by atoms with Crippen LogP contribution in [0.1, 0.15) is 41.0 Å². The molecule has 6 nitrogen and oxygen atoms in total.